The second-order valence-corrected chi connectivity index (χ2v) is 4.92. The molecule has 1 rings (SSSR count). The summed E-state index contributed by atoms with van der Waals surface area (Å²) in [5, 5.41) is 5.59. The third-order valence-corrected chi connectivity index (χ3v) is 2.00. The number of amides is 2. The van der Waals surface area contributed by atoms with Gasteiger partial charge in [0.2, 0.25) is 5.91 Å². The Balaban J connectivity index is 2.64. The molecule has 0 fully saturated rings. The van der Waals surface area contributed by atoms with Crippen molar-refractivity contribution in [2.24, 2.45) is 5.73 Å². The average Bonchev–Trinajstić information content (AvgIpc) is 2.24. The van der Waals surface area contributed by atoms with Crippen molar-refractivity contribution in [3.63, 3.8) is 0 Å². The SMILES string of the molecule is CC(C)(C)NC(=O)CNc1ncccc1C(N)=O. The molecule has 0 atom stereocenters. The van der Waals surface area contributed by atoms with E-state index in [1.165, 1.54) is 6.20 Å². The number of hydrogen-bond donors (Lipinski definition) is 3. The molecular weight excluding hydrogens is 232 g/mol. The highest BCUT2D eigenvalue weighted by Gasteiger charge is 2.14. The van der Waals surface area contributed by atoms with E-state index in [2.05, 4.69) is 15.6 Å². The Morgan fingerprint density at radius 2 is 2.06 bits per heavy atom. The van der Waals surface area contributed by atoms with E-state index >= 15 is 0 Å². The summed E-state index contributed by atoms with van der Waals surface area (Å²) < 4.78 is 0. The van der Waals surface area contributed by atoms with Crippen LogP contribution in [0.3, 0.4) is 0 Å². The third-order valence-electron chi connectivity index (χ3n) is 2.00. The van der Waals surface area contributed by atoms with E-state index in [4.69, 9.17) is 5.73 Å². The number of carbonyl (C=O) groups excluding carboxylic acids is 2. The van der Waals surface area contributed by atoms with Gasteiger partial charge in [0.15, 0.2) is 0 Å². The first-order chi connectivity index (χ1) is 8.29. The fourth-order valence-corrected chi connectivity index (χ4v) is 1.37. The molecule has 0 aliphatic heterocycles. The topological polar surface area (TPSA) is 97.1 Å². The van der Waals surface area contributed by atoms with E-state index in [1.807, 2.05) is 20.8 Å². The van der Waals surface area contributed by atoms with Crippen LogP contribution in [0.4, 0.5) is 5.82 Å². The number of aromatic nitrogens is 1. The van der Waals surface area contributed by atoms with E-state index in [-0.39, 0.29) is 23.6 Å². The lowest BCUT2D eigenvalue weighted by Gasteiger charge is -2.20. The fraction of sp³-hybridized carbons (Fsp3) is 0.417. The van der Waals surface area contributed by atoms with E-state index in [1.54, 1.807) is 12.1 Å². The summed E-state index contributed by atoms with van der Waals surface area (Å²) in [6.45, 7) is 5.70. The molecule has 2 amide bonds. The van der Waals surface area contributed by atoms with Gasteiger partial charge in [-0.25, -0.2) is 4.98 Å². The first-order valence-corrected chi connectivity index (χ1v) is 5.59. The largest absolute Gasteiger partial charge is 0.365 e. The van der Waals surface area contributed by atoms with Crippen LogP contribution >= 0.6 is 0 Å². The minimum atomic E-state index is -0.582. The molecule has 6 nitrogen and oxygen atoms in total. The third kappa shape index (κ3) is 4.40. The van der Waals surface area contributed by atoms with Gasteiger partial charge < -0.3 is 16.4 Å². The van der Waals surface area contributed by atoms with E-state index in [9.17, 15) is 9.59 Å². The Kier molecular flexibility index (Phi) is 4.25. The molecule has 0 aliphatic carbocycles. The van der Waals surface area contributed by atoms with Crippen LogP contribution in [0.5, 0.6) is 0 Å². The van der Waals surface area contributed by atoms with Gasteiger partial charge in [0.25, 0.3) is 5.91 Å². The predicted octanol–water partition coefficient (Wildman–Crippen LogP) is 0.507. The predicted molar refractivity (Wildman–Crippen MR) is 69.1 cm³/mol. The van der Waals surface area contributed by atoms with Gasteiger partial charge in [-0.15, -0.1) is 0 Å². The van der Waals surface area contributed by atoms with Crippen LogP contribution in [-0.4, -0.2) is 28.9 Å². The van der Waals surface area contributed by atoms with Crippen LogP contribution in [-0.2, 0) is 4.79 Å². The van der Waals surface area contributed by atoms with Crippen molar-refractivity contribution in [3.05, 3.63) is 23.9 Å². The van der Waals surface area contributed by atoms with Crippen molar-refractivity contribution >= 4 is 17.6 Å². The highest BCUT2D eigenvalue weighted by Crippen LogP contribution is 2.09. The summed E-state index contributed by atoms with van der Waals surface area (Å²) in [4.78, 5) is 26.7. The highest BCUT2D eigenvalue weighted by atomic mass is 16.2. The fourth-order valence-electron chi connectivity index (χ4n) is 1.37. The second kappa shape index (κ2) is 5.48. The molecule has 0 radical (unpaired) electrons. The van der Waals surface area contributed by atoms with Gasteiger partial charge in [-0.3, -0.25) is 9.59 Å². The van der Waals surface area contributed by atoms with Crippen molar-refractivity contribution in [1.29, 1.82) is 0 Å². The van der Waals surface area contributed by atoms with Gasteiger partial charge in [0.05, 0.1) is 12.1 Å². The summed E-state index contributed by atoms with van der Waals surface area (Å²) in [5.74, 6) is -0.445. The molecule has 1 aromatic heterocycles. The number of nitrogens with zero attached hydrogens (tertiary/aromatic N) is 1. The number of hydrogen-bond acceptors (Lipinski definition) is 4. The minimum absolute atomic E-state index is 0.0363. The quantitative estimate of drug-likeness (QED) is 0.725. The molecule has 0 spiro atoms. The maximum Gasteiger partial charge on any atom is 0.252 e. The number of primary amides is 1. The Morgan fingerprint density at radius 1 is 1.39 bits per heavy atom. The van der Waals surface area contributed by atoms with Crippen LogP contribution in [0, 0.1) is 0 Å². The van der Waals surface area contributed by atoms with Crippen LogP contribution < -0.4 is 16.4 Å². The van der Waals surface area contributed by atoms with Gasteiger partial charge in [-0.1, -0.05) is 0 Å². The number of anilines is 1. The molecule has 6 heteroatoms. The summed E-state index contributed by atoms with van der Waals surface area (Å²) in [7, 11) is 0. The highest BCUT2D eigenvalue weighted by molar-refractivity contribution is 5.98. The number of rotatable bonds is 4. The maximum atomic E-state index is 11.6. The van der Waals surface area contributed by atoms with E-state index in [0.717, 1.165) is 0 Å². The molecule has 1 aromatic rings. The van der Waals surface area contributed by atoms with Crippen molar-refractivity contribution in [2.45, 2.75) is 26.3 Å². The molecule has 4 N–H and O–H groups in total. The smallest absolute Gasteiger partial charge is 0.252 e. The van der Waals surface area contributed by atoms with Crippen LogP contribution in [0.25, 0.3) is 0 Å². The number of pyridine rings is 1. The van der Waals surface area contributed by atoms with Gasteiger partial charge in [0.1, 0.15) is 5.82 Å². The van der Waals surface area contributed by atoms with Crippen molar-refractivity contribution in [1.82, 2.24) is 10.3 Å². The van der Waals surface area contributed by atoms with Gasteiger partial charge >= 0.3 is 0 Å². The van der Waals surface area contributed by atoms with Gasteiger partial charge in [0, 0.05) is 11.7 Å². The summed E-state index contributed by atoms with van der Waals surface area (Å²) in [6.07, 6.45) is 1.52. The standard InChI is InChI=1S/C12H18N4O2/c1-12(2,3)16-9(17)7-15-11-8(10(13)18)5-4-6-14-11/h4-6H,7H2,1-3H3,(H2,13,18)(H,14,15)(H,16,17). The number of carbonyl (C=O) groups is 2. The van der Waals surface area contributed by atoms with Crippen LogP contribution in [0.15, 0.2) is 18.3 Å². The Bertz CT molecular complexity index is 452. The zero-order chi connectivity index (χ0) is 13.8. The Labute approximate surface area is 106 Å². The van der Waals surface area contributed by atoms with Gasteiger partial charge in [-0.2, -0.15) is 0 Å². The van der Waals surface area contributed by atoms with Crippen molar-refractivity contribution < 1.29 is 9.59 Å². The Hall–Kier alpha value is -2.11. The molecule has 98 valence electrons. The lowest BCUT2D eigenvalue weighted by molar-refractivity contribution is -0.120. The summed E-state index contributed by atoms with van der Waals surface area (Å²) in [5.41, 5.74) is 5.17. The molecule has 0 unspecified atom stereocenters. The summed E-state index contributed by atoms with van der Waals surface area (Å²) >= 11 is 0. The van der Waals surface area contributed by atoms with E-state index < -0.39 is 5.91 Å². The lowest BCUT2D eigenvalue weighted by atomic mass is 10.1. The first kappa shape index (κ1) is 14.0. The number of nitrogens with two attached hydrogens (primary N) is 1. The molecule has 0 bridgehead atoms. The molecule has 18 heavy (non-hydrogen) atoms. The number of nitrogens with one attached hydrogen (secondary N) is 2. The maximum absolute atomic E-state index is 11.6. The monoisotopic (exact) mass is 250 g/mol. The van der Waals surface area contributed by atoms with Crippen molar-refractivity contribution in [3.8, 4) is 0 Å². The van der Waals surface area contributed by atoms with Crippen molar-refractivity contribution in [2.75, 3.05) is 11.9 Å². The zero-order valence-electron chi connectivity index (χ0n) is 10.8. The van der Waals surface area contributed by atoms with Crippen LogP contribution in [0.2, 0.25) is 0 Å². The average molecular weight is 250 g/mol. The summed E-state index contributed by atoms with van der Waals surface area (Å²) in [6, 6.07) is 3.17. The Morgan fingerprint density at radius 3 is 2.61 bits per heavy atom. The molecule has 0 aliphatic rings. The van der Waals surface area contributed by atoms with E-state index in [0.29, 0.717) is 5.82 Å². The minimum Gasteiger partial charge on any atom is -0.365 e. The zero-order valence-corrected chi connectivity index (χ0v) is 10.8. The molecule has 0 saturated heterocycles. The second-order valence-electron chi connectivity index (χ2n) is 4.92. The molecule has 0 aromatic carbocycles. The normalized spacial score (nSPS) is 10.8. The van der Waals surface area contributed by atoms with Crippen LogP contribution in [0.1, 0.15) is 31.1 Å². The lowest BCUT2D eigenvalue weighted by Crippen LogP contribution is -2.43. The molecule has 0 saturated carbocycles. The first-order valence-electron chi connectivity index (χ1n) is 5.59. The molecular formula is C12H18N4O2. The van der Waals surface area contributed by atoms with Gasteiger partial charge in [-0.05, 0) is 32.9 Å². The molecule has 1 heterocycles.